The number of nitrogens with one attached hydrogen (secondary N) is 1. The van der Waals surface area contributed by atoms with Crippen molar-refractivity contribution in [1.82, 2.24) is 5.32 Å². The summed E-state index contributed by atoms with van der Waals surface area (Å²) in [5.74, 6) is -0.0999. The minimum absolute atomic E-state index is 0.0999. The number of thioether (sulfide) groups is 1. The number of carbonyl (C=O) groups excluding carboxylic acids is 1. The van der Waals surface area contributed by atoms with Crippen LogP contribution in [-0.2, 0) is 4.79 Å². The van der Waals surface area contributed by atoms with Crippen LogP contribution in [0.2, 0.25) is 0 Å². The maximum Gasteiger partial charge on any atom is 0.264 e. The molecule has 0 saturated carbocycles. The molecule has 6 heteroatoms. The summed E-state index contributed by atoms with van der Waals surface area (Å²) in [6, 6.07) is 11.6. The molecular weight excluding hydrogens is 356 g/mol. The highest BCUT2D eigenvalue weighted by Crippen LogP contribution is 2.29. The number of aliphatic imine (C=N–C) groups is 1. The van der Waals surface area contributed by atoms with Crippen molar-refractivity contribution < 1.29 is 4.79 Å². The lowest BCUT2D eigenvalue weighted by Crippen LogP contribution is -2.19. The maximum absolute atomic E-state index is 11.9. The Morgan fingerprint density at radius 2 is 2.15 bits per heavy atom. The third kappa shape index (κ3) is 3.20. The largest absolute Gasteiger partial charge is 0.300 e. The number of thiophene rings is 1. The highest BCUT2D eigenvalue weighted by molar-refractivity contribution is 9.10. The van der Waals surface area contributed by atoms with Gasteiger partial charge < -0.3 is 5.32 Å². The van der Waals surface area contributed by atoms with Crippen molar-refractivity contribution in [3.63, 3.8) is 0 Å². The predicted octanol–water partition coefficient (Wildman–Crippen LogP) is 4.40. The van der Waals surface area contributed by atoms with Crippen LogP contribution in [0.4, 0.5) is 5.69 Å². The first-order chi connectivity index (χ1) is 9.70. The fourth-order valence-corrected chi connectivity index (χ4v) is 3.60. The first-order valence-electron chi connectivity index (χ1n) is 5.79. The maximum atomic E-state index is 11.9. The topological polar surface area (TPSA) is 41.5 Å². The summed E-state index contributed by atoms with van der Waals surface area (Å²) in [6.45, 7) is 0. The summed E-state index contributed by atoms with van der Waals surface area (Å²) in [7, 11) is 0. The lowest BCUT2D eigenvalue weighted by atomic mass is 10.3. The average Bonchev–Trinajstić information content (AvgIpc) is 3.01. The number of hydrogen-bond acceptors (Lipinski definition) is 4. The highest BCUT2D eigenvalue weighted by Gasteiger charge is 2.23. The van der Waals surface area contributed by atoms with Crippen molar-refractivity contribution in [2.24, 2.45) is 4.99 Å². The Hall–Kier alpha value is -1.37. The molecule has 0 unspecified atom stereocenters. The van der Waals surface area contributed by atoms with Crippen LogP contribution >= 0.6 is 39.0 Å². The molecule has 1 aliphatic rings. The molecule has 1 amide bonds. The first kappa shape index (κ1) is 13.6. The fourth-order valence-electron chi connectivity index (χ4n) is 1.65. The van der Waals surface area contributed by atoms with Crippen molar-refractivity contribution in [1.29, 1.82) is 0 Å². The van der Waals surface area contributed by atoms with Gasteiger partial charge in [-0.05, 0) is 47.5 Å². The summed E-state index contributed by atoms with van der Waals surface area (Å²) in [5.41, 5.74) is 0.805. The Bertz CT molecular complexity index is 708. The number of amidine groups is 1. The quantitative estimate of drug-likeness (QED) is 0.802. The summed E-state index contributed by atoms with van der Waals surface area (Å²) < 4.78 is 0.961. The first-order valence-corrected chi connectivity index (χ1v) is 8.28. The van der Waals surface area contributed by atoms with Gasteiger partial charge in [-0.3, -0.25) is 4.79 Å². The minimum Gasteiger partial charge on any atom is -0.300 e. The smallest absolute Gasteiger partial charge is 0.264 e. The summed E-state index contributed by atoms with van der Waals surface area (Å²) >= 11 is 6.36. The molecule has 1 fully saturated rings. The Kier molecular flexibility index (Phi) is 4.05. The van der Waals surface area contributed by atoms with Crippen LogP contribution in [0, 0.1) is 0 Å². The van der Waals surface area contributed by atoms with Gasteiger partial charge in [0.1, 0.15) is 0 Å². The molecule has 0 radical (unpaired) electrons. The van der Waals surface area contributed by atoms with E-state index in [2.05, 4.69) is 26.2 Å². The van der Waals surface area contributed by atoms with Gasteiger partial charge in [0.2, 0.25) is 0 Å². The van der Waals surface area contributed by atoms with E-state index in [1.807, 2.05) is 47.9 Å². The molecule has 1 saturated heterocycles. The molecule has 1 aromatic carbocycles. The van der Waals surface area contributed by atoms with Gasteiger partial charge in [0.25, 0.3) is 5.91 Å². The second-order valence-electron chi connectivity index (χ2n) is 3.98. The van der Waals surface area contributed by atoms with E-state index in [0.717, 1.165) is 15.0 Å². The normalized spacial score (nSPS) is 18.8. The van der Waals surface area contributed by atoms with E-state index >= 15 is 0 Å². The molecule has 0 atom stereocenters. The minimum atomic E-state index is -0.0999. The molecule has 1 aliphatic heterocycles. The van der Waals surface area contributed by atoms with Crippen LogP contribution in [0.3, 0.4) is 0 Å². The van der Waals surface area contributed by atoms with Gasteiger partial charge in [-0.25, -0.2) is 4.99 Å². The molecule has 0 aliphatic carbocycles. The molecule has 0 spiro atoms. The van der Waals surface area contributed by atoms with E-state index in [1.54, 1.807) is 11.3 Å². The van der Waals surface area contributed by atoms with Gasteiger partial charge in [0.05, 0.1) is 10.6 Å². The van der Waals surface area contributed by atoms with E-state index in [1.165, 1.54) is 11.8 Å². The number of nitrogens with zero attached hydrogens (tertiary/aromatic N) is 1. The molecule has 2 aromatic rings. The standard InChI is InChI=1S/C14H9BrN2OS2/c15-9-3-1-4-10(7-9)16-14-17-13(18)12(20-14)8-11-5-2-6-19-11/h1-8H,(H,16,17,18). The van der Waals surface area contributed by atoms with E-state index in [-0.39, 0.29) is 5.91 Å². The number of halogens is 1. The zero-order valence-electron chi connectivity index (χ0n) is 10.2. The summed E-state index contributed by atoms with van der Waals surface area (Å²) in [6.07, 6.45) is 1.88. The average molecular weight is 365 g/mol. The van der Waals surface area contributed by atoms with Crippen LogP contribution in [0.15, 0.2) is 56.1 Å². The second kappa shape index (κ2) is 5.95. The number of rotatable bonds is 2. The highest BCUT2D eigenvalue weighted by atomic mass is 79.9. The molecule has 1 aromatic heterocycles. The van der Waals surface area contributed by atoms with Gasteiger partial charge in [-0.15, -0.1) is 11.3 Å². The zero-order chi connectivity index (χ0) is 13.9. The molecule has 100 valence electrons. The molecular formula is C14H9BrN2OS2. The van der Waals surface area contributed by atoms with Crippen molar-refractivity contribution >= 4 is 61.9 Å². The SMILES string of the molecule is O=C1NC(=Nc2cccc(Br)c2)SC1=Cc1cccs1. The Morgan fingerprint density at radius 3 is 2.90 bits per heavy atom. The molecule has 3 rings (SSSR count). The van der Waals surface area contributed by atoms with Gasteiger partial charge in [-0.2, -0.15) is 0 Å². The zero-order valence-corrected chi connectivity index (χ0v) is 13.4. The third-order valence-electron chi connectivity index (χ3n) is 2.51. The number of hydrogen-bond donors (Lipinski definition) is 1. The van der Waals surface area contributed by atoms with Gasteiger partial charge in [0.15, 0.2) is 5.17 Å². The Morgan fingerprint density at radius 1 is 1.25 bits per heavy atom. The predicted molar refractivity (Wildman–Crippen MR) is 89.3 cm³/mol. The number of benzene rings is 1. The Labute approximate surface area is 132 Å². The molecule has 1 N–H and O–H groups in total. The van der Waals surface area contributed by atoms with Crippen LogP contribution in [0.1, 0.15) is 4.88 Å². The van der Waals surface area contributed by atoms with Crippen LogP contribution in [0.25, 0.3) is 6.08 Å². The van der Waals surface area contributed by atoms with Gasteiger partial charge in [0, 0.05) is 9.35 Å². The van der Waals surface area contributed by atoms with Crippen LogP contribution < -0.4 is 5.32 Å². The molecule has 2 heterocycles. The fraction of sp³-hybridized carbons (Fsp3) is 0. The van der Waals surface area contributed by atoms with Crippen molar-refractivity contribution in [3.05, 3.63) is 56.0 Å². The third-order valence-corrected chi connectivity index (χ3v) is 4.73. The van der Waals surface area contributed by atoms with Crippen LogP contribution in [0.5, 0.6) is 0 Å². The second-order valence-corrected chi connectivity index (χ2v) is 6.90. The Balaban J connectivity index is 1.83. The van der Waals surface area contributed by atoms with E-state index < -0.39 is 0 Å². The van der Waals surface area contributed by atoms with Crippen LogP contribution in [-0.4, -0.2) is 11.1 Å². The van der Waals surface area contributed by atoms with E-state index in [4.69, 9.17) is 0 Å². The van der Waals surface area contributed by atoms with Gasteiger partial charge >= 0.3 is 0 Å². The summed E-state index contributed by atoms with van der Waals surface area (Å²) in [5, 5.41) is 5.37. The van der Waals surface area contributed by atoms with Crippen molar-refractivity contribution in [3.8, 4) is 0 Å². The lowest BCUT2D eigenvalue weighted by Gasteiger charge is -1.96. The lowest BCUT2D eigenvalue weighted by molar-refractivity contribution is -0.115. The van der Waals surface area contributed by atoms with Gasteiger partial charge in [-0.1, -0.05) is 28.1 Å². The van der Waals surface area contributed by atoms with Crippen molar-refractivity contribution in [2.45, 2.75) is 0 Å². The monoisotopic (exact) mass is 364 g/mol. The summed E-state index contributed by atoms with van der Waals surface area (Å²) in [4.78, 5) is 18.0. The molecule has 3 nitrogen and oxygen atoms in total. The number of amides is 1. The van der Waals surface area contributed by atoms with E-state index in [0.29, 0.717) is 10.1 Å². The number of carbonyl (C=O) groups is 1. The van der Waals surface area contributed by atoms with Crippen molar-refractivity contribution in [2.75, 3.05) is 0 Å². The van der Waals surface area contributed by atoms with E-state index in [9.17, 15) is 4.79 Å². The molecule has 20 heavy (non-hydrogen) atoms. The molecule has 0 bridgehead atoms.